The summed E-state index contributed by atoms with van der Waals surface area (Å²) in [5.74, 6) is 0. The highest BCUT2D eigenvalue weighted by molar-refractivity contribution is 6.32. The van der Waals surface area contributed by atoms with Gasteiger partial charge in [0.15, 0.2) is 10.8 Å². The Morgan fingerprint density at radius 3 is 2.72 bits per heavy atom. The average Bonchev–Trinajstić information content (AvgIpc) is 2.77. The molecular weight excluding hydrogens is 267 g/mol. The van der Waals surface area contributed by atoms with Crippen LogP contribution < -0.4 is 0 Å². The minimum atomic E-state index is -4.39. The predicted octanol–water partition coefficient (Wildman–Crippen LogP) is 3.55. The number of alkyl halides is 3. The highest BCUT2D eigenvalue weighted by atomic mass is 35.5. The van der Waals surface area contributed by atoms with E-state index in [1.807, 2.05) is 0 Å². The van der Waals surface area contributed by atoms with Gasteiger partial charge in [-0.25, -0.2) is 9.97 Å². The molecule has 0 aliphatic heterocycles. The normalized spacial score (nSPS) is 12.4. The van der Waals surface area contributed by atoms with Crippen LogP contribution in [0.1, 0.15) is 5.56 Å². The summed E-state index contributed by atoms with van der Waals surface area (Å²) in [6, 6.07) is 3.31. The Kier molecular flexibility index (Phi) is 2.25. The summed E-state index contributed by atoms with van der Waals surface area (Å²) in [7, 11) is 0. The van der Waals surface area contributed by atoms with Gasteiger partial charge < -0.3 is 0 Å². The highest BCUT2D eigenvalue weighted by Crippen LogP contribution is 2.31. The molecule has 2 heterocycles. The van der Waals surface area contributed by atoms with Crippen molar-refractivity contribution in [2.75, 3.05) is 0 Å². The van der Waals surface area contributed by atoms with Gasteiger partial charge in [0.25, 0.3) is 0 Å². The molecule has 18 heavy (non-hydrogen) atoms. The molecule has 0 saturated heterocycles. The van der Waals surface area contributed by atoms with Crippen molar-refractivity contribution >= 4 is 28.3 Å². The Balaban J connectivity index is 2.42. The summed E-state index contributed by atoms with van der Waals surface area (Å²) in [6.07, 6.45) is -1.38. The van der Waals surface area contributed by atoms with E-state index in [1.54, 1.807) is 6.20 Å². The topological polar surface area (TPSA) is 30.2 Å². The van der Waals surface area contributed by atoms with Crippen molar-refractivity contribution < 1.29 is 13.2 Å². The van der Waals surface area contributed by atoms with Crippen LogP contribution in [0.4, 0.5) is 13.2 Å². The van der Waals surface area contributed by atoms with Gasteiger partial charge in [0.05, 0.1) is 16.6 Å². The quantitative estimate of drug-likeness (QED) is 0.626. The van der Waals surface area contributed by atoms with Gasteiger partial charge in [0, 0.05) is 12.4 Å². The van der Waals surface area contributed by atoms with E-state index in [1.165, 1.54) is 16.7 Å². The zero-order valence-corrected chi connectivity index (χ0v) is 9.50. The molecule has 0 saturated carbocycles. The maximum Gasteiger partial charge on any atom is 0.416 e. The second kappa shape index (κ2) is 3.58. The Hall–Kier alpha value is -1.82. The number of aromatic nitrogens is 3. The lowest BCUT2D eigenvalue weighted by atomic mass is 10.2. The van der Waals surface area contributed by atoms with Crippen molar-refractivity contribution in [3.05, 3.63) is 41.3 Å². The van der Waals surface area contributed by atoms with Gasteiger partial charge in [-0.05, 0) is 18.2 Å². The van der Waals surface area contributed by atoms with Crippen LogP contribution >= 0.6 is 11.6 Å². The van der Waals surface area contributed by atoms with Crippen LogP contribution in [-0.4, -0.2) is 14.4 Å². The van der Waals surface area contributed by atoms with Gasteiger partial charge in [-0.3, -0.25) is 4.40 Å². The van der Waals surface area contributed by atoms with E-state index in [0.717, 1.165) is 12.1 Å². The average molecular weight is 272 g/mol. The Bertz CT molecular complexity index is 748. The zero-order chi connectivity index (χ0) is 12.9. The van der Waals surface area contributed by atoms with Crippen molar-refractivity contribution in [1.29, 1.82) is 0 Å². The number of halogens is 4. The molecule has 0 amide bonds. The largest absolute Gasteiger partial charge is 0.416 e. The minimum absolute atomic E-state index is 0.159. The molecular formula is C11H5ClF3N3. The maximum absolute atomic E-state index is 12.6. The molecule has 0 unspecified atom stereocenters. The van der Waals surface area contributed by atoms with Crippen LogP contribution in [0.3, 0.4) is 0 Å². The number of nitrogens with zero attached hydrogens (tertiary/aromatic N) is 3. The molecule has 0 aliphatic rings. The Morgan fingerprint density at radius 2 is 2.00 bits per heavy atom. The fourth-order valence-electron chi connectivity index (χ4n) is 1.79. The SMILES string of the molecule is FC(F)(F)c1ccc2nc(Cl)c3nccn3c2c1. The molecule has 0 atom stereocenters. The van der Waals surface area contributed by atoms with E-state index in [4.69, 9.17) is 11.6 Å². The van der Waals surface area contributed by atoms with Crippen LogP contribution in [0.5, 0.6) is 0 Å². The van der Waals surface area contributed by atoms with Gasteiger partial charge in [-0.1, -0.05) is 11.6 Å². The van der Waals surface area contributed by atoms with Crippen LogP contribution in [0, 0.1) is 0 Å². The maximum atomic E-state index is 12.6. The summed E-state index contributed by atoms with van der Waals surface area (Å²) in [4.78, 5) is 7.96. The van der Waals surface area contributed by atoms with Gasteiger partial charge in [0.2, 0.25) is 0 Å². The molecule has 0 bridgehead atoms. The molecule has 92 valence electrons. The first-order valence-electron chi connectivity index (χ1n) is 4.96. The zero-order valence-electron chi connectivity index (χ0n) is 8.74. The molecule has 2 aromatic heterocycles. The highest BCUT2D eigenvalue weighted by Gasteiger charge is 2.30. The van der Waals surface area contributed by atoms with E-state index in [9.17, 15) is 13.2 Å². The summed E-state index contributed by atoms with van der Waals surface area (Å²) in [6.45, 7) is 0. The second-order valence-electron chi connectivity index (χ2n) is 3.72. The molecule has 0 fully saturated rings. The summed E-state index contributed by atoms with van der Waals surface area (Å²) >= 11 is 5.89. The Morgan fingerprint density at radius 1 is 1.22 bits per heavy atom. The van der Waals surface area contributed by atoms with E-state index in [0.29, 0.717) is 16.7 Å². The fourth-order valence-corrected chi connectivity index (χ4v) is 2.02. The number of hydrogen-bond donors (Lipinski definition) is 0. The van der Waals surface area contributed by atoms with Crippen LogP contribution in [0.25, 0.3) is 16.7 Å². The number of hydrogen-bond acceptors (Lipinski definition) is 2. The first-order chi connectivity index (χ1) is 8.47. The molecule has 0 spiro atoms. The lowest BCUT2D eigenvalue weighted by molar-refractivity contribution is -0.137. The molecule has 0 N–H and O–H groups in total. The standard InChI is InChI=1S/C11H5ClF3N3/c12-9-10-16-3-4-18(10)8-5-6(11(13,14)15)1-2-7(8)17-9/h1-5H. The fraction of sp³-hybridized carbons (Fsp3) is 0.0909. The van der Waals surface area contributed by atoms with Crippen molar-refractivity contribution in [1.82, 2.24) is 14.4 Å². The van der Waals surface area contributed by atoms with Crippen LogP contribution in [0.2, 0.25) is 5.15 Å². The van der Waals surface area contributed by atoms with E-state index in [2.05, 4.69) is 9.97 Å². The molecule has 0 radical (unpaired) electrons. The monoisotopic (exact) mass is 271 g/mol. The first kappa shape index (κ1) is 11.3. The minimum Gasteiger partial charge on any atom is -0.296 e. The van der Waals surface area contributed by atoms with Crippen molar-refractivity contribution in [2.24, 2.45) is 0 Å². The number of imidazole rings is 1. The second-order valence-corrected chi connectivity index (χ2v) is 4.08. The van der Waals surface area contributed by atoms with Crippen molar-refractivity contribution in [2.45, 2.75) is 6.18 Å². The van der Waals surface area contributed by atoms with E-state index < -0.39 is 11.7 Å². The summed E-state index contributed by atoms with van der Waals surface area (Å²) in [5, 5.41) is 0.159. The number of fused-ring (bicyclic) bond motifs is 3. The summed E-state index contributed by atoms with van der Waals surface area (Å²) < 4.78 is 39.4. The van der Waals surface area contributed by atoms with E-state index >= 15 is 0 Å². The van der Waals surface area contributed by atoms with Gasteiger partial charge in [-0.15, -0.1) is 0 Å². The third kappa shape index (κ3) is 1.60. The van der Waals surface area contributed by atoms with Gasteiger partial charge in [-0.2, -0.15) is 13.2 Å². The number of rotatable bonds is 0. The molecule has 3 nitrogen and oxygen atoms in total. The molecule has 0 aliphatic carbocycles. The third-order valence-electron chi connectivity index (χ3n) is 2.61. The molecule has 3 rings (SSSR count). The first-order valence-corrected chi connectivity index (χ1v) is 5.34. The molecule has 3 aromatic rings. The Labute approximate surface area is 104 Å². The van der Waals surface area contributed by atoms with Gasteiger partial charge >= 0.3 is 6.18 Å². The lowest BCUT2D eigenvalue weighted by Crippen LogP contribution is -2.05. The third-order valence-corrected chi connectivity index (χ3v) is 2.86. The van der Waals surface area contributed by atoms with E-state index in [-0.39, 0.29) is 5.15 Å². The van der Waals surface area contributed by atoms with Crippen molar-refractivity contribution in [3.8, 4) is 0 Å². The molecule has 1 aromatic carbocycles. The lowest BCUT2D eigenvalue weighted by Gasteiger charge is -2.09. The number of benzene rings is 1. The van der Waals surface area contributed by atoms with Crippen LogP contribution in [-0.2, 0) is 6.18 Å². The van der Waals surface area contributed by atoms with Gasteiger partial charge in [0.1, 0.15) is 0 Å². The smallest absolute Gasteiger partial charge is 0.296 e. The summed E-state index contributed by atoms with van der Waals surface area (Å²) in [5.41, 5.74) is 0.317. The molecule has 7 heteroatoms. The van der Waals surface area contributed by atoms with Crippen LogP contribution in [0.15, 0.2) is 30.6 Å². The van der Waals surface area contributed by atoms with Crippen molar-refractivity contribution in [3.63, 3.8) is 0 Å². The predicted molar refractivity (Wildman–Crippen MR) is 60.5 cm³/mol.